The summed E-state index contributed by atoms with van der Waals surface area (Å²) in [7, 11) is 0. The van der Waals surface area contributed by atoms with Crippen molar-refractivity contribution in [3.63, 3.8) is 0 Å². The molecule has 4 rings (SSSR count). The number of hydrogen-bond donors (Lipinski definition) is 2. The predicted molar refractivity (Wildman–Crippen MR) is 140 cm³/mol. The lowest BCUT2D eigenvalue weighted by atomic mass is 10.0. The molecule has 0 saturated heterocycles. The van der Waals surface area contributed by atoms with Crippen LogP contribution in [-0.2, 0) is 13.1 Å². The monoisotopic (exact) mass is 473 g/mol. The summed E-state index contributed by atoms with van der Waals surface area (Å²) in [5, 5.41) is 4.90. The van der Waals surface area contributed by atoms with Crippen LogP contribution in [0.15, 0.2) is 77.6 Å². The minimum absolute atomic E-state index is 0.00932. The van der Waals surface area contributed by atoms with Crippen molar-refractivity contribution < 1.29 is 4.39 Å². The second kappa shape index (κ2) is 10.2. The SMILES string of the molecule is Cc1ccc2cc(CN(Cc3ccc(F)cc3)C(=S)NC(C)c3ccccc3)c(=O)[nH]c2c1C. The van der Waals surface area contributed by atoms with Gasteiger partial charge in [-0.05, 0) is 78.8 Å². The Labute approximate surface area is 204 Å². The fourth-order valence-corrected chi connectivity index (χ4v) is 4.31. The molecular formula is C28H28FN3OS. The van der Waals surface area contributed by atoms with Crippen molar-refractivity contribution in [3.05, 3.63) is 117 Å². The maximum absolute atomic E-state index is 13.5. The lowest BCUT2D eigenvalue weighted by Crippen LogP contribution is -2.41. The van der Waals surface area contributed by atoms with E-state index in [1.807, 2.05) is 68.1 Å². The smallest absolute Gasteiger partial charge is 0.253 e. The van der Waals surface area contributed by atoms with Crippen molar-refractivity contribution in [1.82, 2.24) is 15.2 Å². The maximum atomic E-state index is 13.5. The van der Waals surface area contributed by atoms with E-state index in [4.69, 9.17) is 12.2 Å². The number of rotatable bonds is 6. The molecule has 34 heavy (non-hydrogen) atoms. The van der Waals surface area contributed by atoms with E-state index in [1.54, 1.807) is 12.1 Å². The van der Waals surface area contributed by atoms with Gasteiger partial charge in [-0.2, -0.15) is 0 Å². The van der Waals surface area contributed by atoms with Gasteiger partial charge in [-0.25, -0.2) is 4.39 Å². The molecule has 0 aliphatic heterocycles. The third kappa shape index (κ3) is 5.34. The molecule has 4 aromatic rings. The molecule has 0 fully saturated rings. The van der Waals surface area contributed by atoms with Crippen LogP contribution in [-0.4, -0.2) is 15.0 Å². The second-order valence-electron chi connectivity index (χ2n) is 8.66. The van der Waals surface area contributed by atoms with Gasteiger partial charge in [-0.1, -0.05) is 54.6 Å². The first-order chi connectivity index (χ1) is 16.3. The van der Waals surface area contributed by atoms with Crippen molar-refractivity contribution in [2.24, 2.45) is 0 Å². The van der Waals surface area contributed by atoms with Crippen LogP contribution >= 0.6 is 12.2 Å². The highest BCUT2D eigenvalue weighted by Gasteiger charge is 2.17. The largest absolute Gasteiger partial charge is 0.356 e. The lowest BCUT2D eigenvalue weighted by molar-refractivity contribution is 0.392. The first-order valence-electron chi connectivity index (χ1n) is 11.3. The first kappa shape index (κ1) is 23.6. The number of aromatic amines is 1. The van der Waals surface area contributed by atoms with Crippen molar-refractivity contribution in [3.8, 4) is 0 Å². The van der Waals surface area contributed by atoms with E-state index in [0.717, 1.165) is 33.2 Å². The quantitative estimate of drug-likeness (QED) is 0.341. The third-order valence-corrected chi connectivity index (χ3v) is 6.58. The molecule has 0 radical (unpaired) electrons. The van der Waals surface area contributed by atoms with Crippen LogP contribution in [0.2, 0.25) is 0 Å². The van der Waals surface area contributed by atoms with Gasteiger partial charge in [-0.3, -0.25) is 4.79 Å². The topological polar surface area (TPSA) is 48.1 Å². The minimum atomic E-state index is -0.287. The van der Waals surface area contributed by atoms with Gasteiger partial charge < -0.3 is 15.2 Å². The Hall–Kier alpha value is -3.51. The number of thiocarbonyl (C=S) groups is 1. The highest BCUT2D eigenvalue weighted by Crippen LogP contribution is 2.20. The Bertz CT molecular complexity index is 1370. The molecule has 0 aliphatic rings. The van der Waals surface area contributed by atoms with E-state index in [0.29, 0.717) is 23.8 Å². The van der Waals surface area contributed by atoms with Crippen LogP contribution in [0.4, 0.5) is 4.39 Å². The number of aromatic nitrogens is 1. The Morgan fingerprint density at radius 3 is 2.44 bits per heavy atom. The van der Waals surface area contributed by atoms with Crippen molar-refractivity contribution >= 4 is 28.2 Å². The summed E-state index contributed by atoms with van der Waals surface area (Å²) >= 11 is 5.78. The van der Waals surface area contributed by atoms with Gasteiger partial charge in [-0.15, -0.1) is 0 Å². The molecule has 174 valence electrons. The molecule has 3 aromatic carbocycles. The molecule has 2 N–H and O–H groups in total. The fraction of sp³-hybridized carbons (Fsp3) is 0.214. The zero-order valence-corrected chi connectivity index (χ0v) is 20.4. The Balaban J connectivity index is 1.64. The molecule has 0 saturated carbocycles. The van der Waals surface area contributed by atoms with Gasteiger partial charge in [0.05, 0.1) is 18.1 Å². The highest BCUT2D eigenvalue weighted by atomic mass is 32.1. The fourth-order valence-electron chi connectivity index (χ4n) is 4.00. The molecule has 1 unspecified atom stereocenters. The van der Waals surface area contributed by atoms with Crippen LogP contribution in [0.25, 0.3) is 10.9 Å². The molecule has 6 heteroatoms. The number of nitrogens with one attached hydrogen (secondary N) is 2. The number of nitrogens with zero attached hydrogens (tertiary/aromatic N) is 1. The maximum Gasteiger partial charge on any atom is 0.253 e. The standard InChI is InChI=1S/C28H28FN3OS/c1-18-9-12-23-15-24(27(33)31-26(23)19(18)2)17-32(16-21-10-13-25(29)14-11-21)28(34)30-20(3)22-7-5-4-6-8-22/h4-15,20H,16-17H2,1-3H3,(H,30,34)(H,31,33). The molecule has 1 heterocycles. The Morgan fingerprint density at radius 2 is 1.74 bits per heavy atom. The van der Waals surface area contributed by atoms with Crippen LogP contribution in [0, 0.1) is 19.7 Å². The van der Waals surface area contributed by atoms with E-state index in [-0.39, 0.29) is 17.4 Å². The zero-order chi connectivity index (χ0) is 24.2. The van der Waals surface area contributed by atoms with E-state index < -0.39 is 0 Å². The first-order valence-corrected chi connectivity index (χ1v) is 11.7. The van der Waals surface area contributed by atoms with Gasteiger partial charge in [0.2, 0.25) is 0 Å². The molecule has 0 spiro atoms. The van der Waals surface area contributed by atoms with Crippen molar-refractivity contribution in [2.45, 2.75) is 39.9 Å². The summed E-state index contributed by atoms with van der Waals surface area (Å²) < 4.78 is 13.5. The zero-order valence-electron chi connectivity index (χ0n) is 19.6. The van der Waals surface area contributed by atoms with Crippen molar-refractivity contribution in [2.75, 3.05) is 0 Å². The molecule has 4 nitrogen and oxygen atoms in total. The van der Waals surface area contributed by atoms with E-state index >= 15 is 0 Å². The summed E-state index contributed by atoms with van der Waals surface area (Å²) in [6.45, 7) is 6.86. The number of fused-ring (bicyclic) bond motifs is 1. The number of pyridine rings is 1. The molecule has 0 bridgehead atoms. The summed E-state index contributed by atoms with van der Waals surface area (Å²) in [6, 6.07) is 22.4. The predicted octanol–water partition coefficient (Wildman–Crippen LogP) is 5.92. The second-order valence-corrected chi connectivity index (χ2v) is 9.05. The molecule has 0 aliphatic carbocycles. The molecular weight excluding hydrogens is 445 g/mol. The Kier molecular flexibility index (Phi) is 7.08. The summed E-state index contributed by atoms with van der Waals surface area (Å²) in [6.07, 6.45) is 0. The summed E-state index contributed by atoms with van der Waals surface area (Å²) in [5.41, 5.74) is 5.56. The highest BCUT2D eigenvalue weighted by molar-refractivity contribution is 7.80. The third-order valence-electron chi connectivity index (χ3n) is 6.20. The summed E-state index contributed by atoms with van der Waals surface area (Å²) in [4.78, 5) is 18.0. The molecule has 1 atom stereocenters. The van der Waals surface area contributed by atoms with Gasteiger partial charge >= 0.3 is 0 Å². The van der Waals surface area contributed by atoms with Gasteiger partial charge in [0, 0.05) is 12.1 Å². The minimum Gasteiger partial charge on any atom is -0.356 e. The number of H-pyrrole nitrogens is 1. The van der Waals surface area contributed by atoms with Gasteiger partial charge in [0.1, 0.15) is 5.82 Å². The number of benzene rings is 3. The van der Waals surface area contributed by atoms with Gasteiger partial charge in [0.25, 0.3) is 5.56 Å². The number of aryl methyl sites for hydroxylation is 2. The van der Waals surface area contributed by atoms with Crippen LogP contribution in [0.1, 0.15) is 40.8 Å². The summed E-state index contributed by atoms with van der Waals surface area (Å²) in [5.74, 6) is -0.287. The molecule has 1 aromatic heterocycles. The van der Waals surface area contributed by atoms with E-state index in [2.05, 4.69) is 16.4 Å². The van der Waals surface area contributed by atoms with Crippen LogP contribution < -0.4 is 10.9 Å². The average Bonchev–Trinajstić information content (AvgIpc) is 2.84. The number of halogens is 1. The van der Waals surface area contributed by atoms with Gasteiger partial charge in [0.15, 0.2) is 5.11 Å². The van der Waals surface area contributed by atoms with Crippen LogP contribution in [0.3, 0.4) is 0 Å². The van der Waals surface area contributed by atoms with Crippen LogP contribution in [0.5, 0.6) is 0 Å². The molecule has 0 amide bonds. The lowest BCUT2D eigenvalue weighted by Gasteiger charge is -2.28. The van der Waals surface area contributed by atoms with E-state index in [9.17, 15) is 9.18 Å². The normalized spacial score (nSPS) is 11.9. The van der Waals surface area contributed by atoms with Crippen molar-refractivity contribution in [1.29, 1.82) is 0 Å². The number of hydrogen-bond acceptors (Lipinski definition) is 2. The average molecular weight is 474 g/mol. The van der Waals surface area contributed by atoms with E-state index in [1.165, 1.54) is 12.1 Å². The Morgan fingerprint density at radius 1 is 1.03 bits per heavy atom.